The van der Waals surface area contributed by atoms with Gasteiger partial charge in [-0.2, -0.15) is 0 Å². The first-order valence-corrected chi connectivity index (χ1v) is 7.28. The summed E-state index contributed by atoms with van der Waals surface area (Å²) in [4.78, 5) is 12.1. The van der Waals surface area contributed by atoms with Crippen LogP contribution >= 0.6 is 0 Å². The molecule has 0 heterocycles. The van der Waals surface area contributed by atoms with Crippen molar-refractivity contribution in [3.05, 3.63) is 84.4 Å². The number of hydrogen-bond acceptors (Lipinski definition) is 3. The molecule has 0 fully saturated rings. The van der Waals surface area contributed by atoms with E-state index >= 15 is 0 Å². The van der Waals surface area contributed by atoms with Gasteiger partial charge in [0.15, 0.2) is 0 Å². The average molecular weight is 304 g/mol. The van der Waals surface area contributed by atoms with Crippen molar-refractivity contribution in [2.75, 3.05) is 7.11 Å². The van der Waals surface area contributed by atoms with Crippen LogP contribution in [0.3, 0.4) is 0 Å². The van der Waals surface area contributed by atoms with E-state index in [2.05, 4.69) is 0 Å². The zero-order valence-electron chi connectivity index (χ0n) is 12.7. The second-order valence-corrected chi connectivity index (χ2v) is 5.01. The first-order chi connectivity index (χ1) is 11.3. The Labute approximate surface area is 135 Å². The smallest absolute Gasteiger partial charge is 0.343 e. The van der Waals surface area contributed by atoms with Crippen molar-refractivity contribution in [2.45, 2.75) is 0 Å². The molecule has 0 N–H and O–H groups in total. The molecule has 0 aliphatic heterocycles. The van der Waals surface area contributed by atoms with Crippen LogP contribution in [0.15, 0.2) is 78.9 Å². The third-order valence-electron chi connectivity index (χ3n) is 3.48. The van der Waals surface area contributed by atoms with E-state index in [0.717, 1.165) is 16.9 Å². The summed E-state index contributed by atoms with van der Waals surface area (Å²) in [7, 11) is 1.64. The van der Waals surface area contributed by atoms with Gasteiger partial charge in [0.1, 0.15) is 11.5 Å². The molecular formula is C20H16O3. The van der Waals surface area contributed by atoms with Crippen LogP contribution in [0.25, 0.3) is 11.1 Å². The van der Waals surface area contributed by atoms with Gasteiger partial charge in [-0.05, 0) is 47.5 Å². The SMILES string of the molecule is COc1ccc(-c2cccc(OC(=O)c3ccccc3)c2)cc1. The van der Waals surface area contributed by atoms with E-state index in [0.29, 0.717) is 11.3 Å². The van der Waals surface area contributed by atoms with E-state index in [9.17, 15) is 4.79 Å². The van der Waals surface area contributed by atoms with Gasteiger partial charge in [-0.3, -0.25) is 0 Å². The van der Waals surface area contributed by atoms with Crippen LogP contribution in [0, 0.1) is 0 Å². The van der Waals surface area contributed by atoms with Gasteiger partial charge in [0.25, 0.3) is 0 Å². The Kier molecular flexibility index (Phi) is 4.39. The Morgan fingerprint density at radius 3 is 2.17 bits per heavy atom. The van der Waals surface area contributed by atoms with E-state index in [-0.39, 0.29) is 5.97 Å². The summed E-state index contributed by atoms with van der Waals surface area (Å²) in [5.41, 5.74) is 2.54. The number of benzene rings is 3. The second kappa shape index (κ2) is 6.79. The lowest BCUT2D eigenvalue weighted by atomic mass is 10.1. The summed E-state index contributed by atoms with van der Waals surface area (Å²) in [6.45, 7) is 0. The van der Waals surface area contributed by atoms with Crippen LogP contribution in [0.4, 0.5) is 0 Å². The Bertz CT molecular complexity index is 793. The van der Waals surface area contributed by atoms with Crippen LogP contribution in [0.1, 0.15) is 10.4 Å². The third kappa shape index (κ3) is 3.58. The van der Waals surface area contributed by atoms with E-state index < -0.39 is 0 Å². The molecular weight excluding hydrogens is 288 g/mol. The van der Waals surface area contributed by atoms with Crippen molar-refractivity contribution in [1.29, 1.82) is 0 Å². The number of hydrogen-bond donors (Lipinski definition) is 0. The first-order valence-electron chi connectivity index (χ1n) is 7.28. The zero-order chi connectivity index (χ0) is 16.1. The molecule has 114 valence electrons. The molecule has 0 aromatic heterocycles. The summed E-state index contributed by atoms with van der Waals surface area (Å²) in [5.74, 6) is 0.963. The first kappa shape index (κ1) is 14.9. The molecule has 3 aromatic carbocycles. The maximum atomic E-state index is 12.1. The van der Waals surface area contributed by atoms with Gasteiger partial charge in [-0.25, -0.2) is 4.79 Å². The van der Waals surface area contributed by atoms with Gasteiger partial charge in [-0.15, -0.1) is 0 Å². The lowest BCUT2D eigenvalue weighted by Gasteiger charge is -2.07. The van der Waals surface area contributed by atoms with Crippen LogP contribution in [0.5, 0.6) is 11.5 Å². The Balaban J connectivity index is 1.80. The minimum absolute atomic E-state index is 0.363. The van der Waals surface area contributed by atoms with Crippen molar-refractivity contribution >= 4 is 5.97 Å². The molecule has 0 aliphatic rings. The Hall–Kier alpha value is -3.07. The largest absolute Gasteiger partial charge is 0.497 e. The molecule has 0 saturated heterocycles. The summed E-state index contributed by atoms with van der Waals surface area (Å²) in [5, 5.41) is 0. The summed E-state index contributed by atoms with van der Waals surface area (Å²) >= 11 is 0. The maximum Gasteiger partial charge on any atom is 0.343 e. The number of ether oxygens (including phenoxy) is 2. The number of carbonyl (C=O) groups is 1. The number of esters is 1. The van der Waals surface area contributed by atoms with Crippen molar-refractivity contribution < 1.29 is 14.3 Å². The highest BCUT2D eigenvalue weighted by atomic mass is 16.5. The predicted octanol–water partition coefficient (Wildman–Crippen LogP) is 4.58. The molecule has 3 heteroatoms. The third-order valence-corrected chi connectivity index (χ3v) is 3.48. The number of rotatable bonds is 4. The lowest BCUT2D eigenvalue weighted by Crippen LogP contribution is -2.08. The molecule has 0 saturated carbocycles. The number of carbonyl (C=O) groups excluding carboxylic acids is 1. The van der Waals surface area contributed by atoms with E-state index in [1.807, 2.05) is 60.7 Å². The lowest BCUT2D eigenvalue weighted by molar-refractivity contribution is 0.0735. The van der Waals surface area contributed by atoms with Crippen molar-refractivity contribution in [3.63, 3.8) is 0 Å². The molecule has 0 radical (unpaired) electrons. The van der Waals surface area contributed by atoms with Gasteiger partial charge in [0.05, 0.1) is 12.7 Å². The maximum absolute atomic E-state index is 12.1. The molecule has 0 spiro atoms. The molecule has 0 amide bonds. The molecule has 0 bridgehead atoms. The Morgan fingerprint density at radius 1 is 0.739 bits per heavy atom. The summed E-state index contributed by atoms with van der Waals surface area (Å²) < 4.78 is 10.6. The van der Waals surface area contributed by atoms with Crippen LogP contribution in [0.2, 0.25) is 0 Å². The second-order valence-electron chi connectivity index (χ2n) is 5.01. The molecule has 3 nitrogen and oxygen atoms in total. The molecule has 23 heavy (non-hydrogen) atoms. The number of methoxy groups -OCH3 is 1. The highest BCUT2D eigenvalue weighted by Crippen LogP contribution is 2.26. The van der Waals surface area contributed by atoms with Gasteiger partial charge in [-0.1, -0.05) is 42.5 Å². The quantitative estimate of drug-likeness (QED) is 0.523. The van der Waals surface area contributed by atoms with Crippen LogP contribution in [-0.4, -0.2) is 13.1 Å². The normalized spacial score (nSPS) is 10.1. The molecule has 3 aromatic rings. The van der Waals surface area contributed by atoms with Crippen molar-refractivity contribution in [2.24, 2.45) is 0 Å². The molecule has 0 unspecified atom stereocenters. The summed E-state index contributed by atoms with van der Waals surface area (Å²) in [6.07, 6.45) is 0. The van der Waals surface area contributed by atoms with E-state index in [1.54, 1.807) is 25.3 Å². The summed E-state index contributed by atoms with van der Waals surface area (Å²) in [6, 6.07) is 24.1. The highest BCUT2D eigenvalue weighted by Gasteiger charge is 2.08. The predicted molar refractivity (Wildman–Crippen MR) is 89.8 cm³/mol. The molecule has 3 rings (SSSR count). The zero-order valence-corrected chi connectivity index (χ0v) is 12.7. The minimum Gasteiger partial charge on any atom is -0.497 e. The fourth-order valence-corrected chi connectivity index (χ4v) is 2.26. The van der Waals surface area contributed by atoms with Gasteiger partial charge in [0.2, 0.25) is 0 Å². The topological polar surface area (TPSA) is 35.5 Å². The van der Waals surface area contributed by atoms with Crippen LogP contribution in [-0.2, 0) is 0 Å². The highest BCUT2D eigenvalue weighted by molar-refractivity contribution is 5.91. The van der Waals surface area contributed by atoms with Gasteiger partial charge < -0.3 is 9.47 Å². The van der Waals surface area contributed by atoms with Gasteiger partial charge >= 0.3 is 5.97 Å². The average Bonchev–Trinajstić information content (AvgIpc) is 2.63. The van der Waals surface area contributed by atoms with E-state index in [1.165, 1.54) is 0 Å². The monoisotopic (exact) mass is 304 g/mol. The fraction of sp³-hybridized carbons (Fsp3) is 0.0500. The van der Waals surface area contributed by atoms with Crippen molar-refractivity contribution in [1.82, 2.24) is 0 Å². The Morgan fingerprint density at radius 2 is 1.48 bits per heavy atom. The van der Waals surface area contributed by atoms with E-state index in [4.69, 9.17) is 9.47 Å². The van der Waals surface area contributed by atoms with Crippen LogP contribution < -0.4 is 9.47 Å². The molecule has 0 atom stereocenters. The van der Waals surface area contributed by atoms with Crippen molar-refractivity contribution in [3.8, 4) is 22.6 Å². The fourth-order valence-electron chi connectivity index (χ4n) is 2.26. The van der Waals surface area contributed by atoms with Gasteiger partial charge in [0, 0.05) is 0 Å². The minimum atomic E-state index is -0.363. The standard InChI is InChI=1S/C20H16O3/c1-22-18-12-10-15(11-13-18)17-8-5-9-19(14-17)23-20(21)16-6-3-2-4-7-16/h2-14H,1H3. The molecule has 0 aliphatic carbocycles.